The highest BCUT2D eigenvalue weighted by molar-refractivity contribution is 7.14. The molecule has 0 bridgehead atoms. The number of nitrogens with zero attached hydrogens (tertiary/aromatic N) is 3. The second-order valence-corrected chi connectivity index (χ2v) is 5.54. The van der Waals surface area contributed by atoms with Crippen LogP contribution >= 0.6 is 11.3 Å². The highest BCUT2D eigenvalue weighted by atomic mass is 32.1. The maximum atomic E-state index is 5.67. The highest BCUT2D eigenvalue weighted by Crippen LogP contribution is 2.27. The fourth-order valence-corrected chi connectivity index (χ4v) is 3.36. The zero-order chi connectivity index (χ0) is 12.5. The Morgan fingerprint density at radius 1 is 1.44 bits per heavy atom. The van der Waals surface area contributed by atoms with Gasteiger partial charge in [-0.2, -0.15) is 0 Å². The van der Waals surface area contributed by atoms with Crippen LogP contribution in [0.3, 0.4) is 0 Å². The first-order chi connectivity index (χ1) is 8.79. The van der Waals surface area contributed by atoms with Gasteiger partial charge in [-0.1, -0.05) is 0 Å². The summed E-state index contributed by atoms with van der Waals surface area (Å²) in [6.45, 7) is 5.80. The van der Waals surface area contributed by atoms with Gasteiger partial charge in [0, 0.05) is 19.5 Å². The third-order valence-corrected chi connectivity index (χ3v) is 4.41. The van der Waals surface area contributed by atoms with Gasteiger partial charge in [-0.3, -0.25) is 0 Å². The Kier molecular flexibility index (Phi) is 3.09. The lowest BCUT2D eigenvalue weighted by Crippen LogP contribution is -2.33. The van der Waals surface area contributed by atoms with Gasteiger partial charge in [-0.15, -0.1) is 11.3 Å². The van der Waals surface area contributed by atoms with E-state index >= 15 is 0 Å². The van der Waals surface area contributed by atoms with Gasteiger partial charge in [0.05, 0.1) is 22.9 Å². The molecule has 0 amide bonds. The van der Waals surface area contributed by atoms with Crippen molar-refractivity contribution in [3.63, 3.8) is 0 Å². The topological polar surface area (TPSA) is 47.1 Å². The molecule has 2 N–H and O–H groups in total. The van der Waals surface area contributed by atoms with Crippen molar-refractivity contribution in [3.8, 4) is 0 Å². The monoisotopic (exact) mass is 262 g/mol. The number of thiophene rings is 1. The molecule has 2 aromatic rings. The summed E-state index contributed by atoms with van der Waals surface area (Å²) in [6, 6.07) is 4.30. The largest absolute Gasteiger partial charge is 0.356 e. The van der Waals surface area contributed by atoms with Crippen LogP contribution < -0.4 is 10.6 Å². The molecule has 0 radical (unpaired) electrons. The molecule has 0 spiro atoms. The molecule has 0 aliphatic carbocycles. The lowest BCUT2D eigenvalue weighted by atomic mass is 10.2. The maximum Gasteiger partial charge on any atom is 0.106 e. The molecule has 0 fully saturated rings. The molecule has 0 aromatic carbocycles. The fourth-order valence-electron chi connectivity index (χ4n) is 2.60. The third kappa shape index (κ3) is 1.93. The Morgan fingerprint density at radius 2 is 2.33 bits per heavy atom. The summed E-state index contributed by atoms with van der Waals surface area (Å²) in [6.07, 6.45) is 0.876. The van der Waals surface area contributed by atoms with Crippen molar-refractivity contribution in [2.24, 2.45) is 5.73 Å². The van der Waals surface area contributed by atoms with Crippen LogP contribution in [0.4, 0.5) is 5.00 Å². The molecule has 2 aromatic heterocycles. The van der Waals surface area contributed by atoms with Gasteiger partial charge in [0.15, 0.2) is 0 Å². The van der Waals surface area contributed by atoms with Crippen molar-refractivity contribution < 1.29 is 0 Å². The SMILES string of the molecule is Cc1nc(CCN)c2n1CCN(c1cccs1)C2. The van der Waals surface area contributed by atoms with Crippen molar-refractivity contribution in [2.75, 3.05) is 18.0 Å². The summed E-state index contributed by atoms with van der Waals surface area (Å²) < 4.78 is 2.34. The van der Waals surface area contributed by atoms with Crippen LogP contribution in [0, 0.1) is 6.92 Å². The zero-order valence-corrected chi connectivity index (χ0v) is 11.4. The number of hydrogen-bond donors (Lipinski definition) is 1. The average Bonchev–Trinajstić information content (AvgIpc) is 2.99. The predicted octanol–water partition coefficient (Wildman–Crippen LogP) is 1.77. The summed E-state index contributed by atoms with van der Waals surface area (Å²) in [4.78, 5) is 7.09. The summed E-state index contributed by atoms with van der Waals surface area (Å²) in [7, 11) is 0. The van der Waals surface area contributed by atoms with E-state index in [0.717, 1.165) is 31.9 Å². The Labute approximate surface area is 111 Å². The molecule has 1 aliphatic heterocycles. The lowest BCUT2D eigenvalue weighted by molar-refractivity contribution is 0.559. The molecule has 0 unspecified atom stereocenters. The quantitative estimate of drug-likeness (QED) is 0.917. The van der Waals surface area contributed by atoms with E-state index in [4.69, 9.17) is 5.73 Å². The molecule has 96 valence electrons. The molecule has 3 rings (SSSR count). The second kappa shape index (κ2) is 4.74. The first kappa shape index (κ1) is 11.7. The number of anilines is 1. The summed E-state index contributed by atoms with van der Waals surface area (Å²) in [5.74, 6) is 1.12. The Bertz CT molecular complexity index is 529. The Morgan fingerprint density at radius 3 is 3.06 bits per heavy atom. The molecule has 0 saturated carbocycles. The number of nitrogens with two attached hydrogens (primary N) is 1. The van der Waals surface area contributed by atoms with Crippen LogP contribution in [-0.2, 0) is 19.5 Å². The first-order valence-corrected chi connectivity index (χ1v) is 7.21. The van der Waals surface area contributed by atoms with Crippen LogP contribution in [0.15, 0.2) is 17.5 Å². The normalized spacial score (nSPS) is 14.9. The third-order valence-electron chi connectivity index (χ3n) is 3.48. The number of hydrogen-bond acceptors (Lipinski definition) is 4. The van der Waals surface area contributed by atoms with E-state index in [9.17, 15) is 0 Å². The number of imidazole rings is 1. The predicted molar refractivity (Wildman–Crippen MR) is 75.1 cm³/mol. The van der Waals surface area contributed by atoms with Crippen molar-refractivity contribution >= 4 is 16.3 Å². The van der Waals surface area contributed by atoms with Gasteiger partial charge in [0.1, 0.15) is 5.82 Å². The molecule has 0 saturated heterocycles. The smallest absolute Gasteiger partial charge is 0.106 e. The minimum absolute atomic E-state index is 0.669. The summed E-state index contributed by atoms with van der Waals surface area (Å²) in [5, 5.41) is 3.48. The van der Waals surface area contributed by atoms with Crippen LogP contribution in [0.25, 0.3) is 0 Å². The van der Waals surface area contributed by atoms with Crippen molar-refractivity contribution in [3.05, 3.63) is 34.7 Å². The van der Waals surface area contributed by atoms with Crippen LogP contribution in [0.2, 0.25) is 0 Å². The van der Waals surface area contributed by atoms with Gasteiger partial charge >= 0.3 is 0 Å². The molecular weight excluding hydrogens is 244 g/mol. The van der Waals surface area contributed by atoms with E-state index in [1.807, 2.05) is 0 Å². The van der Waals surface area contributed by atoms with Gasteiger partial charge < -0.3 is 15.2 Å². The molecular formula is C13H18N4S. The summed E-state index contributed by atoms with van der Waals surface area (Å²) in [5.41, 5.74) is 8.19. The molecule has 0 atom stereocenters. The van der Waals surface area contributed by atoms with E-state index in [0.29, 0.717) is 6.54 Å². The maximum absolute atomic E-state index is 5.67. The molecule has 3 heterocycles. The van der Waals surface area contributed by atoms with E-state index < -0.39 is 0 Å². The van der Waals surface area contributed by atoms with E-state index in [2.05, 4.69) is 38.9 Å². The van der Waals surface area contributed by atoms with Gasteiger partial charge in [0.2, 0.25) is 0 Å². The van der Waals surface area contributed by atoms with E-state index in [-0.39, 0.29) is 0 Å². The lowest BCUT2D eigenvalue weighted by Gasteiger charge is -2.29. The van der Waals surface area contributed by atoms with Crippen molar-refractivity contribution in [1.82, 2.24) is 9.55 Å². The van der Waals surface area contributed by atoms with Crippen molar-refractivity contribution in [2.45, 2.75) is 26.4 Å². The average molecular weight is 262 g/mol. The highest BCUT2D eigenvalue weighted by Gasteiger charge is 2.22. The van der Waals surface area contributed by atoms with Crippen LogP contribution in [0.5, 0.6) is 0 Å². The van der Waals surface area contributed by atoms with E-state index in [1.165, 1.54) is 16.4 Å². The van der Waals surface area contributed by atoms with Crippen LogP contribution in [0.1, 0.15) is 17.2 Å². The summed E-state index contributed by atoms with van der Waals surface area (Å²) >= 11 is 1.80. The minimum atomic E-state index is 0.669. The number of fused-ring (bicyclic) bond motifs is 1. The van der Waals surface area contributed by atoms with Crippen molar-refractivity contribution in [1.29, 1.82) is 0 Å². The molecule has 5 heteroatoms. The molecule has 4 nitrogen and oxygen atoms in total. The zero-order valence-electron chi connectivity index (χ0n) is 10.6. The number of aryl methyl sites for hydroxylation is 1. The van der Waals surface area contributed by atoms with Gasteiger partial charge in [-0.25, -0.2) is 4.98 Å². The van der Waals surface area contributed by atoms with Gasteiger partial charge in [0.25, 0.3) is 0 Å². The van der Waals surface area contributed by atoms with Crippen LogP contribution in [-0.4, -0.2) is 22.6 Å². The van der Waals surface area contributed by atoms with E-state index in [1.54, 1.807) is 11.3 Å². The molecule has 1 aliphatic rings. The van der Waals surface area contributed by atoms with Gasteiger partial charge in [-0.05, 0) is 31.0 Å². The molecule has 18 heavy (non-hydrogen) atoms. The second-order valence-electron chi connectivity index (χ2n) is 4.62. The Balaban J connectivity index is 1.91. The fraction of sp³-hybridized carbons (Fsp3) is 0.462. The first-order valence-electron chi connectivity index (χ1n) is 6.33. The standard InChI is InChI=1S/C13H18N4S/c1-10-15-11(4-5-14)12-9-16(6-7-17(10)12)13-3-2-8-18-13/h2-3,8H,4-7,9,14H2,1H3. The number of aromatic nitrogens is 2. The Hall–Kier alpha value is -1.33. The number of rotatable bonds is 3. The minimum Gasteiger partial charge on any atom is -0.356 e.